The molecule has 5 rings (SSSR count). The molecule has 0 atom stereocenters. The molecular weight excluding hydrogens is 421 g/mol. The fourth-order valence-electron chi connectivity index (χ4n) is 3.62. The van der Waals surface area contributed by atoms with Crippen molar-refractivity contribution in [2.75, 3.05) is 0 Å². The summed E-state index contributed by atoms with van der Waals surface area (Å²) in [6.07, 6.45) is 0. The lowest BCUT2D eigenvalue weighted by Gasteiger charge is -2.06. The molecule has 164 valence electrons. The van der Waals surface area contributed by atoms with Crippen LogP contribution in [0.1, 0.15) is 11.1 Å². The molecule has 0 aliphatic heterocycles. The largest absolute Gasteiger partial charge is 0.350 e. The molecule has 2 heterocycles. The van der Waals surface area contributed by atoms with Crippen LogP contribution in [-0.2, 0) is 17.9 Å². The van der Waals surface area contributed by atoms with Crippen LogP contribution < -0.4 is 5.32 Å². The Morgan fingerprint density at radius 2 is 1.88 bits per heavy atom. The van der Waals surface area contributed by atoms with Gasteiger partial charge in [-0.25, -0.2) is 4.39 Å². The van der Waals surface area contributed by atoms with Crippen molar-refractivity contribution in [3.8, 4) is 23.0 Å². The smallest absolute Gasteiger partial charge is 0.279 e. The zero-order chi connectivity index (χ0) is 22.8. The molecule has 1 amide bonds. The van der Waals surface area contributed by atoms with Crippen LogP contribution in [-0.4, -0.2) is 25.8 Å². The van der Waals surface area contributed by atoms with Gasteiger partial charge in [-0.2, -0.15) is 10.1 Å². The van der Waals surface area contributed by atoms with Gasteiger partial charge in [0, 0.05) is 17.5 Å². The van der Waals surface area contributed by atoms with Crippen LogP contribution >= 0.6 is 0 Å². The van der Waals surface area contributed by atoms with Gasteiger partial charge in [0.25, 0.3) is 5.89 Å². The monoisotopic (exact) mass is 441 g/mol. The molecule has 0 aliphatic carbocycles. The van der Waals surface area contributed by atoms with E-state index < -0.39 is 0 Å². The van der Waals surface area contributed by atoms with Gasteiger partial charge in [-0.15, -0.1) is 0 Å². The van der Waals surface area contributed by atoms with Gasteiger partial charge in [-0.3, -0.25) is 9.48 Å². The Labute approximate surface area is 188 Å². The number of hydrogen-bond acceptors (Lipinski definition) is 5. The SMILES string of the molecule is Cc1cccc(-c2noc(-c3nn(CC(=O)NCc4ccc(F)cc4)c4ccccc34)n2)c1. The number of para-hydroxylation sites is 1. The second-order valence-electron chi connectivity index (χ2n) is 7.72. The molecule has 5 aromatic rings. The van der Waals surface area contributed by atoms with Crippen molar-refractivity contribution in [3.63, 3.8) is 0 Å². The Morgan fingerprint density at radius 3 is 2.70 bits per heavy atom. The molecule has 0 saturated heterocycles. The molecule has 0 radical (unpaired) electrons. The Bertz CT molecular complexity index is 1440. The third kappa shape index (κ3) is 4.36. The minimum Gasteiger partial charge on any atom is -0.350 e. The van der Waals surface area contributed by atoms with Crippen LogP contribution in [0.25, 0.3) is 33.9 Å². The van der Waals surface area contributed by atoms with E-state index in [0.717, 1.165) is 27.6 Å². The zero-order valence-corrected chi connectivity index (χ0v) is 17.8. The van der Waals surface area contributed by atoms with Crippen LogP contribution in [0.3, 0.4) is 0 Å². The minimum atomic E-state index is -0.313. The summed E-state index contributed by atoms with van der Waals surface area (Å²) in [7, 11) is 0. The second-order valence-corrected chi connectivity index (χ2v) is 7.72. The highest BCUT2D eigenvalue weighted by Crippen LogP contribution is 2.28. The maximum Gasteiger partial charge on any atom is 0.279 e. The molecule has 0 bridgehead atoms. The topological polar surface area (TPSA) is 85.8 Å². The highest BCUT2D eigenvalue weighted by molar-refractivity contribution is 5.92. The Balaban J connectivity index is 1.39. The normalized spacial score (nSPS) is 11.1. The van der Waals surface area contributed by atoms with Crippen molar-refractivity contribution in [3.05, 3.63) is 89.7 Å². The Morgan fingerprint density at radius 1 is 1.06 bits per heavy atom. The molecule has 7 nitrogen and oxygen atoms in total. The number of carbonyl (C=O) groups excluding carboxylic acids is 1. The fraction of sp³-hybridized carbons (Fsp3) is 0.120. The zero-order valence-electron chi connectivity index (χ0n) is 17.8. The van der Waals surface area contributed by atoms with E-state index in [1.165, 1.54) is 12.1 Å². The van der Waals surface area contributed by atoms with E-state index in [2.05, 4.69) is 20.6 Å². The summed E-state index contributed by atoms with van der Waals surface area (Å²) in [5.74, 6) is 0.231. The van der Waals surface area contributed by atoms with Gasteiger partial charge in [0.1, 0.15) is 12.4 Å². The summed E-state index contributed by atoms with van der Waals surface area (Å²) in [5, 5.41) is 12.4. The highest BCUT2D eigenvalue weighted by atomic mass is 19.1. The van der Waals surface area contributed by atoms with Gasteiger partial charge in [0.05, 0.1) is 5.52 Å². The van der Waals surface area contributed by atoms with Gasteiger partial charge in [-0.05, 0) is 36.8 Å². The maximum atomic E-state index is 13.1. The van der Waals surface area contributed by atoms with Gasteiger partial charge in [0.2, 0.25) is 11.7 Å². The molecular formula is C25H20FN5O2. The van der Waals surface area contributed by atoms with E-state index in [-0.39, 0.29) is 24.2 Å². The number of halogens is 1. The molecule has 0 aliphatic rings. The van der Waals surface area contributed by atoms with E-state index >= 15 is 0 Å². The predicted molar refractivity (Wildman–Crippen MR) is 121 cm³/mol. The summed E-state index contributed by atoms with van der Waals surface area (Å²) >= 11 is 0. The first-order chi connectivity index (χ1) is 16.1. The summed E-state index contributed by atoms with van der Waals surface area (Å²) in [4.78, 5) is 17.1. The number of fused-ring (bicyclic) bond motifs is 1. The predicted octanol–water partition coefficient (Wildman–Crippen LogP) is 4.52. The molecule has 2 aromatic heterocycles. The molecule has 3 aromatic carbocycles. The first-order valence-corrected chi connectivity index (χ1v) is 10.4. The number of rotatable bonds is 6. The van der Waals surface area contributed by atoms with Gasteiger partial charge in [-0.1, -0.05) is 59.3 Å². The van der Waals surface area contributed by atoms with Crippen LogP contribution in [0.5, 0.6) is 0 Å². The van der Waals surface area contributed by atoms with Crippen LogP contribution in [0, 0.1) is 12.7 Å². The average molecular weight is 441 g/mol. The fourth-order valence-corrected chi connectivity index (χ4v) is 3.62. The molecule has 0 fully saturated rings. The molecule has 0 unspecified atom stereocenters. The van der Waals surface area contributed by atoms with Gasteiger partial charge < -0.3 is 9.84 Å². The number of nitrogens with one attached hydrogen (secondary N) is 1. The Hall–Kier alpha value is -4.33. The summed E-state index contributed by atoms with van der Waals surface area (Å²) in [6.45, 7) is 2.32. The number of nitrogens with zero attached hydrogens (tertiary/aromatic N) is 4. The molecule has 0 spiro atoms. The van der Waals surface area contributed by atoms with Crippen molar-refractivity contribution in [1.82, 2.24) is 25.2 Å². The van der Waals surface area contributed by atoms with Gasteiger partial charge >= 0.3 is 0 Å². The van der Waals surface area contributed by atoms with Crippen molar-refractivity contribution in [2.45, 2.75) is 20.0 Å². The van der Waals surface area contributed by atoms with E-state index in [1.807, 2.05) is 55.5 Å². The lowest BCUT2D eigenvalue weighted by Crippen LogP contribution is -2.27. The quantitative estimate of drug-likeness (QED) is 0.419. The minimum absolute atomic E-state index is 0.0145. The van der Waals surface area contributed by atoms with E-state index in [0.29, 0.717) is 18.1 Å². The van der Waals surface area contributed by atoms with Gasteiger partial charge in [0.15, 0.2) is 5.69 Å². The van der Waals surface area contributed by atoms with Crippen LogP contribution in [0.15, 0.2) is 77.3 Å². The number of carbonyl (C=O) groups is 1. The van der Waals surface area contributed by atoms with Crippen molar-refractivity contribution >= 4 is 16.8 Å². The number of aromatic nitrogens is 4. The second kappa shape index (κ2) is 8.66. The standard InChI is InChI=1S/C25H20FN5O2/c1-16-5-4-6-18(13-16)24-28-25(33-30-24)23-20-7-2-3-8-21(20)31(29-23)15-22(32)27-14-17-9-11-19(26)12-10-17/h2-13H,14-15H2,1H3,(H,27,32). The molecule has 33 heavy (non-hydrogen) atoms. The number of amides is 1. The number of hydrogen-bond donors (Lipinski definition) is 1. The molecule has 0 saturated carbocycles. The number of aryl methyl sites for hydroxylation is 1. The van der Waals surface area contributed by atoms with E-state index in [9.17, 15) is 9.18 Å². The summed E-state index contributed by atoms with van der Waals surface area (Å²) in [6, 6.07) is 21.4. The van der Waals surface area contributed by atoms with Crippen molar-refractivity contribution < 1.29 is 13.7 Å². The highest BCUT2D eigenvalue weighted by Gasteiger charge is 2.19. The third-order valence-corrected chi connectivity index (χ3v) is 5.26. The first-order valence-electron chi connectivity index (χ1n) is 10.4. The molecule has 8 heteroatoms. The van der Waals surface area contributed by atoms with Crippen LogP contribution in [0.2, 0.25) is 0 Å². The maximum absolute atomic E-state index is 13.1. The first kappa shape index (κ1) is 20.6. The summed E-state index contributed by atoms with van der Waals surface area (Å²) < 4.78 is 20.2. The third-order valence-electron chi connectivity index (χ3n) is 5.26. The van der Waals surface area contributed by atoms with Crippen molar-refractivity contribution in [2.24, 2.45) is 0 Å². The average Bonchev–Trinajstić information content (AvgIpc) is 3.44. The van der Waals surface area contributed by atoms with E-state index in [1.54, 1.807) is 16.8 Å². The number of benzene rings is 3. The Kier molecular flexibility index (Phi) is 5.40. The van der Waals surface area contributed by atoms with Crippen LogP contribution in [0.4, 0.5) is 4.39 Å². The lowest BCUT2D eigenvalue weighted by molar-refractivity contribution is -0.121. The molecule has 1 N–H and O–H groups in total. The lowest BCUT2D eigenvalue weighted by atomic mass is 10.1. The van der Waals surface area contributed by atoms with Crippen molar-refractivity contribution in [1.29, 1.82) is 0 Å². The van der Waals surface area contributed by atoms with E-state index in [4.69, 9.17) is 4.52 Å². The summed E-state index contributed by atoms with van der Waals surface area (Å²) in [5.41, 5.74) is 4.06.